The zero-order valence-corrected chi connectivity index (χ0v) is 10.1. The summed E-state index contributed by atoms with van der Waals surface area (Å²) in [6, 6.07) is 5.85. The molecular weight excluding hydrogens is 217 g/mol. The molecule has 0 radical (unpaired) electrons. The number of nitrogens with zero attached hydrogens (tertiary/aromatic N) is 1. The van der Waals surface area contributed by atoms with Crippen LogP contribution in [0.15, 0.2) is 18.2 Å². The lowest BCUT2D eigenvalue weighted by molar-refractivity contribution is 0.861. The maximum absolute atomic E-state index is 5.96. The van der Waals surface area contributed by atoms with Crippen molar-refractivity contribution >= 4 is 28.9 Å². The van der Waals surface area contributed by atoms with E-state index < -0.39 is 0 Å². The van der Waals surface area contributed by atoms with E-state index in [1.54, 1.807) is 0 Å². The molecule has 0 atom stereocenters. The lowest BCUT2D eigenvalue weighted by Gasteiger charge is -2.23. The second-order valence-corrected chi connectivity index (χ2v) is 3.78. The SMILES string of the molecule is CCN(CC)c1cc(Cl)ccc1CCl. The highest BCUT2D eigenvalue weighted by atomic mass is 35.5. The van der Waals surface area contributed by atoms with Crippen molar-refractivity contribution in [2.45, 2.75) is 19.7 Å². The maximum atomic E-state index is 5.96. The van der Waals surface area contributed by atoms with Crippen LogP contribution in [0.1, 0.15) is 19.4 Å². The number of hydrogen-bond acceptors (Lipinski definition) is 1. The van der Waals surface area contributed by atoms with Gasteiger partial charge >= 0.3 is 0 Å². The first kappa shape index (κ1) is 11.7. The van der Waals surface area contributed by atoms with Gasteiger partial charge in [-0.05, 0) is 31.5 Å². The lowest BCUT2D eigenvalue weighted by Crippen LogP contribution is -2.22. The van der Waals surface area contributed by atoms with Gasteiger partial charge in [-0.25, -0.2) is 0 Å². The smallest absolute Gasteiger partial charge is 0.0494 e. The third-order valence-corrected chi connectivity index (χ3v) is 2.82. The molecule has 1 rings (SSSR count). The molecule has 0 bridgehead atoms. The zero-order chi connectivity index (χ0) is 10.6. The second-order valence-electron chi connectivity index (χ2n) is 3.08. The first-order valence-electron chi connectivity index (χ1n) is 4.82. The minimum Gasteiger partial charge on any atom is -0.372 e. The summed E-state index contributed by atoms with van der Waals surface area (Å²) in [6.07, 6.45) is 0. The molecule has 0 saturated carbocycles. The fourth-order valence-electron chi connectivity index (χ4n) is 1.51. The number of benzene rings is 1. The molecule has 14 heavy (non-hydrogen) atoms. The molecule has 1 aromatic carbocycles. The number of anilines is 1. The van der Waals surface area contributed by atoms with Gasteiger partial charge in [0.05, 0.1) is 0 Å². The molecule has 0 aromatic heterocycles. The van der Waals surface area contributed by atoms with Crippen LogP contribution in [0.5, 0.6) is 0 Å². The molecule has 0 unspecified atom stereocenters. The summed E-state index contributed by atoms with van der Waals surface area (Å²) in [6.45, 7) is 6.20. The molecule has 0 fully saturated rings. The minimum atomic E-state index is 0.531. The first-order valence-corrected chi connectivity index (χ1v) is 5.73. The van der Waals surface area contributed by atoms with Crippen LogP contribution in [0.2, 0.25) is 5.02 Å². The van der Waals surface area contributed by atoms with Gasteiger partial charge in [-0.15, -0.1) is 11.6 Å². The van der Waals surface area contributed by atoms with Crippen LogP contribution in [-0.2, 0) is 5.88 Å². The Bertz CT molecular complexity index is 295. The van der Waals surface area contributed by atoms with Crippen molar-refractivity contribution in [1.29, 1.82) is 0 Å². The van der Waals surface area contributed by atoms with Crippen LogP contribution >= 0.6 is 23.2 Å². The summed E-state index contributed by atoms with van der Waals surface area (Å²) in [5.74, 6) is 0.531. The predicted molar refractivity (Wildman–Crippen MR) is 64.6 cm³/mol. The number of rotatable bonds is 4. The topological polar surface area (TPSA) is 3.24 Å². The van der Waals surface area contributed by atoms with E-state index in [-0.39, 0.29) is 0 Å². The van der Waals surface area contributed by atoms with Gasteiger partial charge in [0.2, 0.25) is 0 Å². The molecule has 0 aliphatic carbocycles. The third kappa shape index (κ3) is 2.55. The fraction of sp³-hybridized carbons (Fsp3) is 0.455. The Kier molecular flexibility index (Phi) is 4.56. The van der Waals surface area contributed by atoms with E-state index >= 15 is 0 Å². The highest BCUT2D eigenvalue weighted by molar-refractivity contribution is 6.31. The van der Waals surface area contributed by atoms with Gasteiger partial charge in [0.25, 0.3) is 0 Å². The molecule has 1 nitrogen and oxygen atoms in total. The highest BCUT2D eigenvalue weighted by Gasteiger charge is 2.07. The molecule has 0 aliphatic heterocycles. The van der Waals surface area contributed by atoms with E-state index in [1.807, 2.05) is 18.2 Å². The summed E-state index contributed by atoms with van der Waals surface area (Å²) in [4.78, 5) is 2.25. The second kappa shape index (κ2) is 5.47. The summed E-state index contributed by atoms with van der Waals surface area (Å²) >= 11 is 11.8. The highest BCUT2D eigenvalue weighted by Crippen LogP contribution is 2.25. The molecule has 0 saturated heterocycles. The quantitative estimate of drug-likeness (QED) is 0.711. The molecule has 0 heterocycles. The van der Waals surface area contributed by atoms with E-state index in [2.05, 4.69) is 18.7 Å². The average Bonchev–Trinajstić information content (AvgIpc) is 2.20. The van der Waals surface area contributed by atoms with E-state index in [9.17, 15) is 0 Å². The Balaban J connectivity index is 3.08. The van der Waals surface area contributed by atoms with E-state index in [4.69, 9.17) is 23.2 Å². The molecule has 0 aliphatic rings. The lowest BCUT2D eigenvalue weighted by atomic mass is 10.2. The first-order chi connectivity index (χ1) is 6.72. The van der Waals surface area contributed by atoms with Crippen molar-refractivity contribution < 1.29 is 0 Å². The molecule has 3 heteroatoms. The van der Waals surface area contributed by atoms with Crippen molar-refractivity contribution in [1.82, 2.24) is 0 Å². The number of hydrogen-bond donors (Lipinski definition) is 0. The van der Waals surface area contributed by atoms with Gasteiger partial charge in [0.1, 0.15) is 0 Å². The predicted octanol–water partition coefficient (Wildman–Crippen LogP) is 3.93. The number of alkyl halides is 1. The Morgan fingerprint density at radius 2 is 1.86 bits per heavy atom. The Hall–Kier alpha value is -0.400. The maximum Gasteiger partial charge on any atom is 0.0494 e. The van der Waals surface area contributed by atoms with Crippen LogP contribution < -0.4 is 4.90 Å². The van der Waals surface area contributed by atoms with Crippen LogP contribution in [0, 0.1) is 0 Å². The standard InChI is InChI=1S/C11H15Cl2N/c1-3-14(4-2)11-7-10(13)6-5-9(11)8-12/h5-7H,3-4,8H2,1-2H3. The average molecular weight is 232 g/mol. The third-order valence-electron chi connectivity index (χ3n) is 2.30. The Labute approximate surface area is 95.6 Å². The molecule has 0 N–H and O–H groups in total. The van der Waals surface area contributed by atoms with Gasteiger partial charge in [-0.1, -0.05) is 17.7 Å². The molecule has 0 amide bonds. The van der Waals surface area contributed by atoms with E-state index in [0.29, 0.717) is 5.88 Å². The van der Waals surface area contributed by atoms with Crippen LogP contribution in [0.4, 0.5) is 5.69 Å². The van der Waals surface area contributed by atoms with Crippen molar-refractivity contribution in [3.05, 3.63) is 28.8 Å². The summed E-state index contributed by atoms with van der Waals surface area (Å²) < 4.78 is 0. The van der Waals surface area contributed by atoms with Crippen molar-refractivity contribution in [3.8, 4) is 0 Å². The van der Waals surface area contributed by atoms with Crippen molar-refractivity contribution in [2.24, 2.45) is 0 Å². The van der Waals surface area contributed by atoms with E-state index in [0.717, 1.165) is 29.4 Å². The molecule has 0 spiro atoms. The summed E-state index contributed by atoms with van der Waals surface area (Å²) in [7, 11) is 0. The fourth-order valence-corrected chi connectivity index (χ4v) is 1.90. The minimum absolute atomic E-state index is 0.531. The van der Waals surface area contributed by atoms with Gasteiger partial charge in [-0.2, -0.15) is 0 Å². The Morgan fingerprint density at radius 1 is 1.21 bits per heavy atom. The normalized spacial score (nSPS) is 10.3. The van der Waals surface area contributed by atoms with Crippen molar-refractivity contribution in [3.63, 3.8) is 0 Å². The van der Waals surface area contributed by atoms with E-state index in [1.165, 1.54) is 0 Å². The molecule has 78 valence electrons. The van der Waals surface area contributed by atoms with Gasteiger partial charge in [0, 0.05) is 29.7 Å². The van der Waals surface area contributed by atoms with Gasteiger partial charge in [-0.3, -0.25) is 0 Å². The number of halogens is 2. The van der Waals surface area contributed by atoms with Crippen molar-refractivity contribution in [2.75, 3.05) is 18.0 Å². The molecular formula is C11H15Cl2N. The van der Waals surface area contributed by atoms with Crippen LogP contribution in [0.3, 0.4) is 0 Å². The van der Waals surface area contributed by atoms with Gasteiger partial charge < -0.3 is 4.90 Å². The summed E-state index contributed by atoms with van der Waals surface area (Å²) in [5.41, 5.74) is 2.29. The monoisotopic (exact) mass is 231 g/mol. The zero-order valence-electron chi connectivity index (χ0n) is 8.56. The Morgan fingerprint density at radius 3 is 2.36 bits per heavy atom. The molecule has 1 aromatic rings. The van der Waals surface area contributed by atoms with Crippen LogP contribution in [-0.4, -0.2) is 13.1 Å². The van der Waals surface area contributed by atoms with Gasteiger partial charge in [0.15, 0.2) is 0 Å². The summed E-state index contributed by atoms with van der Waals surface area (Å²) in [5, 5.41) is 0.765. The van der Waals surface area contributed by atoms with Crippen LogP contribution in [0.25, 0.3) is 0 Å². The largest absolute Gasteiger partial charge is 0.372 e.